The van der Waals surface area contributed by atoms with Gasteiger partial charge in [0.15, 0.2) is 5.84 Å². The van der Waals surface area contributed by atoms with Crippen molar-refractivity contribution >= 4 is 45.9 Å². The van der Waals surface area contributed by atoms with Gasteiger partial charge in [-0.3, -0.25) is 4.79 Å². The van der Waals surface area contributed by atoms with Crippen molar-refractivity contribution in [2.24, 2.45) is 10.9 Å². The molecule has 0 amide bonds. The van der Waals surface area contributed by atoms with Crippen LogP contribution in [0.1, 0.15) is 26.2 Å². The largest absolute Gasteiger partial charge is 0.480 e. The molecule has 0 fully saturated rings. The molecule has 0 spiro atoms. The molecule has 0 saturated heterocycles. The van der Waals surface area contributed by atoms with Crippen LogP contribution in [0, 0.1) is 0 Å². The van der Waals surface area contributed by atoms with Gasteiger partial charge in [-0.2, -0.15) is 5.06 Å². The molecule has 0 bridgehead atoms. The molecule has 0 radical (unpaired) electrons. The quantitative estimate of drug-likeness (QED) is 0.227. The number of nitrogens with two attached hydrogens (primary N) is 1. The lowest BCUT2D eigenvalue weighted by Crippen LogP contribution is -2.33. The number of hydrogen-bond acceptors (Lipinski definition) is 9. The molecule has 0 aromatic carbocycles. The number of amidine groups is 1. The van der Waals surface area contributed by atoms with Gasteiger partial charge in [0.1, 0.15) is 6.04 Å². The standard InChI is InChI=1S/C12H21N3O6S2/c1-8(14-20-11(18)22-2)15(21-12(19)23-3)7-5-4-6-9(13)10(16)17/h9H,4-7,13H2,1-3H3,(H,16,17)/b14-8+. The van der Waals surface area contributed by atoms with Crippen molar-refractivity contribution < 1.29 is 29.2 Å². The van der Waals surface area contributed by atoms with Crippen LogP contribution in [-0.4, -0.2) is 57.7 Å². The van der Waals surface area contributed by atoms with Crippen LogP contribution >= 0.6 is 23.5 Å². The van der Waals surface area contributed by atoms with E-state index in [-0.39, 0.29) is 12.4 Å². The van der Waals surface area contributed by atoms with Crippen molar-refractivity contribution in [3.8, 4) is 0 Å². The average molecular weight is 367 g/mol. The van der Waals surface area contributed by atoms with Crippen molar-refractivity contribution in [3.05, 3.63) is 0 Å². The fourth-order valence-corrected chi connectivity index (χ4v) is 1.61. The third kappa shape index (κ3) is 10.0. The maximum absolute atomic E-state index is 11.4. The summed E-state index contributed by atoms with van der Waals surface area (Å²) < 4.78 is 0. The molecule has 0 aliphatic carbocycles. The van der Waals surface area contributed by atoms with E-state index in [2.05, 4.69) is 9.99 Å². The van der Waals surface area contributed by atoms with E-state index in [1.807, 2.05) is 0 Å². The Labute approximate surface area is 142 Å². The maximum Gasteiger partial charge on any atom is 0.393 e. The number of aliphatic carboxylic acids is 1. The van der Waals surface area contributed by atoms with Gasteiger partial charge in [-0.05, 0) is 55.3 Å². The number of unbranched alkanes of at least 4 members (excludes halogenated alkanes) is 1. The van der Waals surface area contributed by atoms with Crippen LogP contribution in [0.2, 0.25) is 0 Å². The maximum atomic E-state index is 11.4. The van der Waals surface area contributed by atoms with Crippen LogP contribution in [0.15, 0.2) is 5.16 Å². The molecule has 9 nitrogen and oxygen atoms in total. The molecule has 0 heterocycles. The summed E-state index contributed by atoms with van der Waals surface area (Å²) in [4.78, 5) is 42.7. The van der Waals surface area contributed by atoms with E-state index in [0.717, 1.165) is 23.5 Å². The first kappa shape index (κ1) is 21.5. The summed E-state index contributed by atoms with van der Waals surface area (Å²) in [5.41, 5.74) is 5.41. The Morgan fingerprint density at radius 2 is 1.83 bits per heavy atom. The molecule has 0 aliphatic heterocycles. The fourth-order valence-electron chi connectivity index (χ4n) is 1.33. The zero-order chi connectivity index (χ0) is 17.8. The van der Waals surface area contributed by atoms with E-state index in [9.17, 15) is 14.4 Å². The summed E-state index contributed by atoms with van der Waals surface area (Å²) in [5.74, 6) is -0.866. The number of rotatable bonds is 7. The summed E-state index contributed by atoms with van der Waals surface area (Å²) in [7, 11) is 0. The molecule has 132 valence electrons. The zero-order valence-corrected chi connectivity index (χ0v) is 14.8. The molecule has 1 atom stereocenters. The van der Waals surface area contributed by atoms with Gasteiger partial charge < -0.3 is 20.5 Å². The number of carbonyl (C=O) groups is 3. The first-order chi connectivity index (χ1) is 10.8. The summed E-state index contributed by atoms with van der Waals surface area (Å²) in [6.45, 7) is 1.79. The highest BCUT2D eigenvalue weighted by atomic mass is 32.2. The SMILES string of the molecule is CSC(=O)O/N=C(\C)N(CCCCC(N)C(=O)O)OC(=O)SC. The van der Waals surface area contributed by atoms with Gasteiger partial charge in [-0.15, -0.1) is 0 Å². The predicted octanol–water partition coefficient (Wildman–Crippen LogP) is 2.12. The van der Waals surface area contributed by atoms with Crippen LogP contribution in [0.4, 0.5) is 9.59 Å². The second-order valence-corrected chi connectivity index (χ2v) is 5.76. The van der Waals surface area contributed by atoms with E-state index < -0.39 is 22.6 Å². The number of hydroxylamine groups is 2. The second-order valence-electron chi connectivity index (χ2n) is 4.27. The predicted molar refractivity (Wildman–Crippen MR) is 89.3 cm³/mol. The Morgan fingerprint density at radius 1 is 1.22 bits per heavy atom. The third-order valence-electron chi connectivity index (χ3n) is 2.57. The first-order valence-electron chi connectivity index (χ1n) is 6.63. The van der Waals surface area contributed by atoms with Crippen molar-refractivity contribution in [1.82, 2.24) is 5.06 Å². The molecule has 3 N–H and O–H groups in total. The van der Waals surface area contributed by atoms with Gasteiger partial charge in [-0.1, -0.05) is 5.16 Å². The highest BCUT2D eigenvalue weighted by molar-refractivity contribution is 8.12. The van der Waals surface area contributed by atoms with Gasteiger partial charge in [0.2, 0.25) is 0 Å². The van der Waals surface area contributed by atoms with E-state index in [1.54, 1.807) is 12.5 Å². The van der Waals surface area contributed by atoms with Crippen molar-refractivity contribution in [2.45, 2.75) is 32.2 Å². The van der Waals surface area contributed by atoms with Gasteiger partial charge in [-0.25, -0.2) is 9.59 Å². The lowest BCUT2D eigenvalue weighted by molar-refractivity contribution is -0.138. The fraction of sp³-hybridized carbons (Fsp3) is 0.667. The monoisotopic (exact) mass is 367 g/mol. The van der Waals surface area contributed by atoms with Gasteiger partial charge >= 0.3 is 16.6 Å². The van der Waals surface area contributed by atoms with Crippen molar-refractivity contribution in [2.75, 3.05) is 19.1 Å². The van der Waals surface area contributed by atoms with Gasteiger partial charge in [0, 0.05) is 6.92 Å². The lowest BCUT2D eigenvalue weighted by atomic mass is 10.1. The smallest absolute Gasteiger partial charge is 0.393 e. The molecule has 11 heteroatoms. The number of carboxylic acids is 1. The van der Waals surface area contributed by atoms with Crippen LogP contribution in [0.3, 0.4) is 0 Å². The number of hydrogen-bond donors (Lipinski definition) is 2. The molecule has 0 aromatic rings. The minimum absolute atomic E-state index is 0.192. The Balaban J connectivity index is 4.53. The zero-order valence-electron chi connectivity index (χ0n) is 13.2. The molecule has 0 rings (SSSR count). The number of oxime groups is 1. The number of carboxylic acid groups (broad SMARTS) is 1. The lowest BCUT2D eigenvalue weighted by Gasteiger charge is -2.21. The average Bonchev–Trinajstić information content (AvgIpc) is 2.54. The first-order valence-corrected chi connectivity index (χ1v) is 9.08. The number of thioether (sulfide) groups is 2. The molecule has 1 unspecified atom stereocenters. The van der Waals surface area contributed by atoms with E-state index in [1.165, 1.54) is 12.0 Å². The Kier molecular flexibility index (Phi) is 11.3. The molecule has 0 saturated carbocycles. The van der Waals surface area contributed by atoms with Crippen LogP contribution < -0.4 is 5.73 Å². The van der Waals surface area contributed by atoms with Gasteiger partial charge in [0.25, 0.3) is 0 Å². The minimum atomic E-state index is -1.06. The Morgan fingerprint density at radius 3 is 2.35 bits per heavy atom. The molecular weight excluding hydrogens is 346 g/mol. The van der Waals surface area contributed by atoms with E-state index in [0.29, 0.717) is 19.3 Å². The van der Waals surface area contributed by atoms with E-state index in [4.69, 9.17) is 15.7 Å². The Bertz CT molecular complexity index is 447. The van der Waals surface area contributed by atoms with Crippen molar-refractivity contribution in [3.63, 3.8) is 0 Å². The highest BCUT2D eigenvalue weighted by Crippen LogP contribution is 2.09. The molecular formula is C12H21N3O6S2. The molecule has 0 aromatic heterocycles. The summed E-state index contributed by atoms with van der Waals surface area (Å²) >= 11 is 1.74. The molecule has 23 heavy (non-hydrogen) atoms. The number of nitrogens with zero attached hydrogens (tertiary/aromatic N) is 2. The topological polar surface area (TPSA) is 132 Å². The number of carbonyl (C=O) groups excluding carboxylic acids is 2. The normalized spacial score (nSPS) is 12.4. The van der Waals surface area contributed by atoms with Crippen molar-refractivity contribution in [1.29, 1.82) is 0 Å². The van der Waals surface area contributed by atoms with E-state index >= 15 is 0 Å². The Hall–Kier alpha value is -1.46. The summed E-state index contributed by atoms with van der Waals surface area (Å²) in [6, 6.07) is -0.922. The third-order valence-corrected chi connectivity index (χ3v) is 3.39. The second kappa shape index (κ2) is 12.0. The minimum Gasteiger partial charge on any atom is -0.480 e. The summed E-state index contributed by atoms with van der Waals surface area (Å²) in [6.07, 6.45) is 4.46. The van der Waals surface area contributed by atoms with Gasteiger partial charge in [0.05, 0.1) is 6.54 Å². The highest BCUT2D eigenvalue weighted by Gasteiger charge is 2.15. The van der Waals surface area contributed by atoms with Crippen LogP contribution in [0.25, 0.3) is 0 Å². The van der Waals surface area contributed by atoms with Crippen LogP contribution in [0.5, 0.6) is 0 Å². The summed E-state index contributed by atoms with van der Waals surface area (Å²) in [5, 5.41) is 12.3. The molecule has 0 aliphatic rings. The van der Waals surface area contributed by atoms with Crippen LogP contribution in [-0.2, 0) is 14.5 Å².